The van der Waals surface area contributed by atoms with E-state index in [2.05, 4.69) is 15.2 Å². The molecule has 0 saturated carbocycles. The summed E-state index contributed by atoms with van der Waals surface area (Å²) >= 11 is 0. The molecule has 0 radical (unpaired) electrons. The smallest absolute Gasteiger partial charge is 0.417 e. The van der Waals surface area contributed by atoms with Gasteiger partial charge in [0.15, 0.2) is 17.8 Å². The molecule has 0 fully saturated rings. The number of halogens is 6. The van der Waals surface area contributed by atoms with Crippen molar-refractivity contribution in [3.63, 3.8) is 0 Å². The first-order valence-corrected chi connectivity index (χ1v) is 8.24. The van der Waals surface area contributed by atoms with Crippen LogP contribution >= 0.6 is 0 Å². The molecule has 0 aliphatic rings. The van der Waals surface area contributed by atoms with Crippen molar-refractivity contribution in [3.05, 3.63) is 59.5 Å². The lowest BCUT2D eigenvalue weighted by Crippen LogP contribution is -2.12. The van der Waals surface area contributed by atoms with Crippen molar-refractivity contribution in [2.24, 2.45) is 7.05 Å². The molecule has 29 heavy (non-hydrogen) atoms. The van der Waals surface area contributed by atoms with Gasteiger partial charge >= 0.3 is 12.4 Å². The first-order valence-electron chi connectivity index (χ1n) is 8.24. The second kappa shape index (κ2) is 7.37. The second-order valence-corrected chi connectivity index (χ2v) is 6.13. The van der Waals surface area contributed by atoms with Crippen LogP contribution in [-0.4, -0.2) is 19.7 Å². The Labute approximate surface area is 161 Å². The van der Waals surface area contributed by atoms with Crippen LogP contribution in [0.3, 0.4) is 0 Å². The molecule has 0 unspecified atom stereocenters. The lowest BCUT2D eigenvalue weighted by Gasteiger charge is -2.15. The van der Waals surface area contributed by atoms with Crippen LogP contribution < -0.4 is 4.74 Å². The summed E-state index contributed by atoms with van der Waals surface area (Å²) in [6.07, 6.45) is -9.30. The molecule has 11 heteroatoms. The monoisotopic (exact) mass is 416 g/mol. The highest BCUT2D eigenvalue weighted by Crippen LogP contribution is 2.36. The van der Waals surface area contributed by atoms with Gasteiger partial charge in [-0.15, -0.1) is 10.2 Å². The fourth-order valence-corrected chi connectivity index (χ4v) is 2.71. The summed E-state index contributed by atoms with van der Waals surface area (Å²) in [6, 6.07) is 6.80. The molecule has 2 aromatic heterocycles. The number of hydrogen-bond acceptors (Lipinski definition) is 4. The molecular formula is C18H14F6N4O. The fraction of sp³-hybridized carbons (Fsp3) is 0.278. The summed E-state index contributed by atoms with van der Waals surface area (Å²) in [5, 5.41) is 7.71. The number of pyridine rings is 1. The average molecular weight is 416 g/mol. The number of benzene rings is 1. The third-order valence-corrected chi connectivity index (χ3v) is 4.11. The molecule has 0 bridgehead atoms. The van der Waals surface area contributed by atoms with Crippen molar-refractivity contribution in [2.45, 2.75) is 25.4 Å². The van der Waals surface area contributed by atoms with E-state index in [-0.39, 0.29) is 23.1 Å². The largest absolute Gasteiger partial charge is 0.466 e. The lowest BCUT2D eigenvalue weighted by molar-refractivity contribution is -0.138. The van der Waals surface area contributed by atoms with Crippen molar-refractivity contribution in [2.75, 3.05) is 0 Å². The van der Waals surface area contributed by atoms with E-state index in [1.807, 2.05) is 0 Å². The van der Waals surface area contributed by atoms with Crippen molar-refractivity contribution in [3.8, 4) is 17.3 Å². The molecule has 3 aromatic rings. The molecule has 1 aromatic carbocycles. The standard InChI is InChI=1S/C18H14F6N4O/c1-10(29-14-8-7-11(9-25-14)17(19,20)21)15-26-27-16(28(15)2)12-5-3-4-6-13(12)18(22,23)24/h3-10H,1-2H3/t10-/m0/s1. The van der Waals surface area contributed by atoms with E-state index in [4.69, 9.17) is 4.74 Å². The first-order chi connectivity index (χ1) is 13.5. The maximum atomic E-state index is 13.3. The van der Waals surface area contributed by atoms with Crippen molar-refractivity contribution in [1.29, 1.82) is 0 Å². The zero-order chi connectivity index (χ0) is 21.4. The SMILES string of the molecule is C[C@H](Oc1ccc(C(F)(F)F)cn1)c1nnc(-c2ccccc2C(F)(F)F)n1C. The Hall–Kier alpha value is -3.11. The van der Waals surface area contributed by atoms with Crippen LogP contribution in [0.25, 0.3) is 11.4 Å². The quantitative estimate of drug-likeness (QED) is 0.559. The molecule has 3 rings (SSSR count). The maximum absolute atomic E-state index is 13.3. The highest BCUT2D eigenvalue weighted by Gasteiger charge is 2.35. The van der Waals surface area contributed by atoms with Crippen molar-refractivity contribution < 1.29 is 31.1 Å². The molecule has 0 aliphatic carbocycles. The second-order valence-electron chi connectivity index (χ2n) is 6.13. The van der Waals surface area contributed by atoms with E-state index < -0.39 is 29.6 Å². The minimum absolute atomic E-state index is 0.0243. The molecule has 0 saturated heterocycles. The van der Waals surface area contributed by atoms with Crippen LogP contribution in [-0.2, 0) is 19.4 Å². The van der Waals surface area contributed by atoms with Crippen LogP contribution in [0, 0.1) is 0 Å². The van der Waals surface area contributed by atoms with E-state index >= 15 is 0 Å². The third kappa shape index (κ3) is 4.33. The zero-order valence-electron chi connectivity index (χ0n) is 15.1. The molecule has 1 atom stereocenters. The molecule has 0 spiro atoms. The summed E-state index contributed by atoms with van der Waals surface area (Å²) in [6.45, 7) is 1.53. The molecule has 154 valence electrons. The van der Waals surface area contributed by atoms with E-state index in [9.17, 15) is 26.3 Å². The third-order valence-electron chi connectivity index (χ3n) is 4.11. The Balaban J connectivity index is 1.86. The summed E-state index contributed by atoms with van der Waals surface area (Å²) in [7, 11) is 1.47. The van der Waals surface area contributed by atoms with Gasteiger partial charge in [0.25, 0.3) is 0 Å². The zero-order valence-corrected chi connectivity index (χ0v) is 15.1. The Morgan fingerprint density at radius 2 is 1.62 bits per heavy atom. The van der Waals surface area contributed by atoms with Crippen LogP contribution in [0.4, 0.5) is 26.3 Å². The van der Waals surface area contributed by atoms with Crippen molar-refractivity contribution in [1.82, 2.24) is 19.7 Å². The number of nitrogens with zero attached hydrogens (tertiary/aromatic N) is 4. The van der Waals surface area contributed by atoms with E-state index in [1.54, 1.807) is 0 Å². The Morgan fingerprint density at radius 3 is 2.21 bits per heavy atom. The van der Waals surface area contributed by atoms with Gasteiger partial charge in [-0.2, -0.15) is 26.3 Å². The van der Waals surface area contributed by atoms with Gasteiger partial charge in [0.1, 0.15) is 0 Å². The lowest BCUT2D eigenvalue weighted by atomic mass is 10.1. The van der Waals surface area contributed by atoms with Gasteiger partial charge in [-0.25, -0.2) is 4.98 Å². The maximum Gasteiger partial charge on any atom is 0.417 e. The Kier molecular flexibility index (Phi) is 5.24. The highest BCUT2D eigenvalue weighted by molar-refractivity contribution is 5.61. The van der Waals surface area contributed by atoms with Crippen LogP contribution in [0.1, 0.15) is 30.0 Å². The number of ether oxygens (including phenoxy) is 1. The van der Waals surface area contributed by atoms with Crippen LogP contribution in [0.2, 0.25) is 0 Å². The summed E-state index contributed by atoms with van der Waals surface area (Å²) in [5.74, 6) is 0.0631. The van der Waals surface area contributed by atoms with Gasteiger partial charge < -0.3 is 9.30 Å². The normalized spacial score (nSPS) is 13.4. The summed E-state index contributed by atoms with van der Waals surface area (Å²) in [4.78, 5) is 3.60. The van der Waals surface area contributed by atoms with Gasteiger partial charge in [-0.05, 0) is 19.1 Å². The number of aromatic nitrogens is 4. The van der Waals surface area contributed by atoms with Crippen LogP contribution in [0.15, 0.2) is 42.6 Å². The average Bonchev–Trinajstić information content (AvgIpc) is 3.02. The number of rotatable bonds is 4. The molecule has 0 N–H and O–H groups in total. The Bertz CT molecular complexity index is 995. The number of hydrogen-bond donors (Lipinski definition) is 0. The summed E-state index contributed by atoms with van der Waals surface area (Å²) in [5.41, 5.74) is -1.94. The van der Waals surface area contributed by atoms with Gasteiger partial charge in [-0.1, -0.05) is 18.2 Å². The van der Waals surface area contributed by atoms with E-state index in [1.165, 1.54) is 36.7 Å². The minimum Gasteiger partial charge on any atom is -0.466 e. The van der Waals surface area contributed by atoms with Gasteiger partial charge in [0.2, 0.25) is 5.88 Å². The van der Waals surface area contributed by atoms with E-state index in [0.29, 0.717) is 6.20 Å². The first kappa shape index (κ1) is 20.6. The summed E-state index contributed by atoms with van der Waals surface area (Å²) < 4.78 is 84.4. The van der Waals surface area contributed by atoms with Gasteiger partial charge in [0, 0.05) is 24.9 Å². The molecule has 0 amide bonds. The molecule has 5 nitrogen and oxygen atoms in total. The van der Waals surface area contributed by atoms with E-state index in [0.717, 1.165) is 18.2 Å². The topological polar surface area (TPSA) is 52.8 Å². The predicted octanol–water partition coefficient (Wildman–Crippen LogP) is 5.05. The Morgan fingerprint density at radius 1 is 0.931 bits per heavy atom. The van der Waals surface area contributed by atoms with Crippen molar-refractivity contribution >= 4 is 0 Å². The molecule has 2 heterocycles. The van der Waals surface area contributed by atoms with Gasteiger partial charge in [0.05, 0.1) is 11.1 Å². The fourth-order valence-electron chi connectivity index (χ4n) is 2.71. The minimum atomic E-state index is -4.57. The predicted molar refractivity (Wildman–Crippen MR) is 89.7 cm³/mol. The number of alkyl halides is 6. The van der Waals surface area contributed by atoms with Crippen LogP contribution in [0.5, 0.6) is 5.88 Å². The molecule has 0 aliphatic heterocycles. The molecular weight excluding hydrogens is 402 g/mol. The van der Waals surface area contributed by atoms with Gasteiger partial charge in [-0.3, -0.25) is 0 Å². The highest BCUT2D eigenvalue weighted by atomic mass is 19.4.